The number of nitro benzene ring substituents is 1. The molecule has 0 fully saturated rings. The van der Waals surface area contributed by atoms with Gasteiger partial charge in [-0.1, -0.05) is 19.1 Å². The summed E-state index contributed by atoms with van der Waals surface area (Å²) in [5.41, 5.74) is 0.772. The highest BCUT2D eigenvalue weighted by atomic mass is 32.1. The lowest BCUT2D eigenvalue weighted by Gasteiger charge is -2.06. The zero-order valence-electron chi connectivity index (χ0n) is 12.2. The number of nitro groups is 1. The van der Waals surface area contributed by atoms with Crippen LogP contribution in [0.3, 0.4) is 0 Å². The molecule has 1 N–H and O–H groups in total. The molecule has 8 heteroatoms. The predicted octanol–water partition coefficient (Wildman–Crippen LogP) is 2.94. The monoisotopic (exact) mass is 321 g/mol. The Morgan fingerprint density at radius 2 is 2.18 bits per heavy atom. The summed E-state index contributed by atoms with van der Waals surface area (Å²) >= 11 is 1.39. The van der Waals surface area contributed by atoms with Crippen LogP contribution >= 0.6 is 11.3 Å². The zero-order valence-corrected chi connectivity index (χ0v) is 13.0. The highest BCUT2D eigenvalue weighted by Gasteiger charge is 2.15. The van der Waals surface area contributed by atoms with Gasteiger partial charge in [0.2, 0.25) is 0 Å². The Labute approximate surface area is 131 Å². The van der Waals surface area contributed by atoms with Crippen LogP contribution in [0.5, 0.6) is 5.75 Å². The molecule has 0 aliphatic rings. The van der Waals surface area contributed by atoms with Gasteiger partial charge in [-0.15, -0.1) is 11.3 Å². The molecule has 0 saturated carbocycles. The molecule has 0 aliphatic heterocycles. The molecule has 116 valence electrons. The Balaban J connectivity index is 1.97. The summed E-state index contributed by atoms with van der Waals surface area (Å²) in [6.45, 7) is 3.62. The van der Waals surface area contributed by atoms with Crippen molar-refractivity contribution in [3.63, 3.8) is 0 Å². The fourth-order valence-corrected chi connectivity index (χ4v) is 2.76. The van der Waals surface area contributed by atoms with Crippen LogP contribution in [0.2, 0.25) is 0 Å². The number of carbonyl (C=O) groups excluding carboxylic acids is 1. The summed E-state index contributed by atoms with van der Waals surface area (Å²) in [5, 5.41) is 14.0. The van der Waals surface area contributed by atoms with Crippen molar-refractivity contribution in [3.05, 3.63) is 45.0 Å². The molecule has 0 unspecified atom stereocenters. The summed E-state index contributed by atoms with van der Waals surface area (Å²) in [6.07, 6.45) is 0.797. The number of anilines is 1. The van der Waals surface area contributed by atoms with E-state index in [1.165, 1.54) is 29.5 Å². The summed E-state index contributed by atoms with van der Waals surface area (Å²) < 4.78 is 5.22. The third-order valence-corrected chi connectivity index (χ3v) is 3.82. The van der Waals surface area contributed by atoms with Crippen LogP contribution in [-0.4, -0.2) is 22.4 Å². The first kappa shape index (κ1) is 15.9. The number of rotatable bonds is 6. The van der Waals surface area contributed by atoms with E-state index in [2.05, 4.69) is 10.3 Å². The molecule has 0 bridgehead atoms. The van der Waals surface area contributed by atoms with Gasteiger partial charge in [-0.2, -0.15) is 0 Å². The standard InChI is InChI=1S/C14H15N3O4S/c1-3-10-9(2)22-14(15-10)16-13(18)8-21-12-7-5-4-6-11(12)17(19)20/h4-7H,3,8H2,1-2H3,(H,15,16,18). The summed E-state index contributed by atoms with van der Waals surface area (Å²) in [4.78, 5) is 27.5. The fourth-order valence-electron chi connectivity index (χ4n) is 1.84. The molecule has 0 saturated heterocycles. The van der Waals surface area contributed by atoms with Crippen molar-refractivity contribution in [2.24, 2.45) is 0 Å². The first-order chi connectivity index (χ1) is 10.5. The maximum Gasteiger partial charge on any atom is 0.310 e. The molecule has 1 aromatic carbocycles. The average Bonchev–Trinajstić information content (AvgIpc) is 2.85. The number of nitrogens with zero attached hydrogens (tertiary/aromatic N) is 2. The average molecular weight is 321 g/mol. The highest BCUT2D eigenvalue weighted by Crippen LogP contribution is 2.26. The van der Waals surface area contributed by atoms with Gasteiger partial charge >= 0.3 is 5.69 Å². The first-order valence-electron chi connectivity index (χ1n) is 6.63. The van der Waals surface area contributed by atoms with Gasteiger partial charge in [-0.3, -0.25) is 20.2 Å². The quantitative estimate of drug-likeness (QED) is 0.652. The minimum absolute atomic E-state index is 0.0622. The Bertz CT molecular complexity index is 699. The van der Waals surface area contributed by atoms with Crippen LogP contribution in [0.1, 0.15) is 17.5 Å². The van der Waals surface area contributed by atoms with Crippen LogP contribution in [0.25, 0.3) is 0 Å². The first-order valence-corrected chi connectivity index (χ1v) is 7.45. The smallest absolute Gasteiger partial charge is 0.310 e. The molecular weight excluding hydrogens is 306 g/mol. The van der Waals surface area contributed by atoms with Crippen molar-refractivity contribution in [1.82, 2.24) is 4.98 Å². The Kier molecular flexibility index (Phi) is 5.05. The SMILES string of the molecule is CCc1nc(NC(=O)COc2ccccc2[N+](=O)[O-])sc1C. The molecule has 0 aliphatic carbocycles. The number of nitrogens with one attached hydrogen (secondary N) is 1. The summed E-state index contributed by atoms with van der Waals surface area (Å²) in [6, 6.07) is 5.92. The van der Waals surface area contributed by atoms with Gasteiger partial charge in [0.25, 0.3) is 5.91 Å². The minimum atomic E-state index is -0.551. The lowest BCUT2D eigenvalue weighted by atomic mass is 10.3. The van der Waals surface area contributed by atoms with E-state index in [-0.39, 0.29) is 18.0 Å². The van der Waals surface area contributed by atoms with Gasteiger partial charge in [0.05, 0.1) is 10.6 Å². The van der Waals surface area contributed by atoms with Crippen LogP contribution in [0.15, 0.2) is 24.3 Å². The maximum atomic E-state index is 11.8. The highest BCUT2D eigenvalue weighted by molar-refractivity contribution is 7.15. The molecule has 1 heterocycles. The lowest BCUT2D eigenvalue weighted by Crippen LogP contribution is -2.20. The number of carbonyl (C=O) groups is 1. The molecule has 0 atom stereocenters. The van der Waals surface area contributed by atoms with Crippen LogP contribution < -0.4 is 10.1 Å². The van der Waals surface area contributed by atoms with Crippen LogP contribution in [0.4, 0.5) is 10.8 Å². The maximum absolute atomic E-state index is 11.8. The lowest BCUT2D eigenvalue weighted by molar-refractivity contribution is -0.385. The molecule has 2 rings (SSSR count). The fraction of sp³-hybridized carbons (Fsp3) is 0.286. The van der Waals surface area contributed by atoms with E-state index in [0.717, 1.165) is 17.0 Å². The number of aryl methyl sites for hydroxylation is 2. The topological polar surface area (TPSA) is 94.4 Å². The van der Waals surface area contributed by atoms with Crippen molar-refractivity contribution >= 4 is 28.1 Å². The Morgan fingerprint density at radius 1 is 1.45 bits per heavy atom. The number of amides is 1. The van der Waals surface area contributed by atoms with Gasteiger partial charge in [0.1, 0.15) is 0 Å². The minimum Gasteiger partial charge on any atom is -0.477 e. The van der Waals surface area contributed by atoms with E-state index in [0.29, 0.717) is 5.13 Å². The summed E-state index contributed by atoms with van der Waals surface area (Å²) in [7, 11) is 0. The van der Waals surface area contributed by atoms with Crippen molar-refractivity contribution in [1.29, 1.82) is 0 Å². The van der Waals surface area contributed by atoms with Gasteiger partial charge in [-0.25, -0.2) is 4.98 Å². The van der Waals surface area contributed by atoms with Crippen LogP contribution in [-0.2, 0) is 11.2 Å². The molecule has 1 aromatic heterocycles. The third kappa shape index (κ3) is 3.79. The summed E-state index contributed by atoms with van der Waals surface area (Å²) in [5.74, 6) is -0.346. The number of ether oxygens (including phenoxy) is 1. The van der Waals surface area contributed by atoms with E-state index >= 15 is 0 Å². The number of thiazole rings is 1. The van der Waals surface area contributed by atoms with Gasteiger partial charge < -0.3 is 4.74 Å². The second kappa shape index (κ2) is 6.99. The van der Waals surface area contributed by atoms with Gasteiger partial charge in [-0.05, 0) is 19.4 Å². The van der Waals surface area contributed by atoms with E-state index in [9.17, 15) is 14.9 Å². The van der Waals surface area contributed by atoms with Gasteiger partial charge in [0, 0.05) is 10.9 Å². The van der Waals surface area contributed by atoms with Crippen molar-refractivity contribution in [2.75, 3.05) is 11.9 Å². The number of hydrogen-bond donors (Lipinski definition) is 1. The number of hydrogen-bond acceptors (Lipinski definition) is 6. The predicted molar refractivity (Wildman–Crippen MR) is 83.5 cm³/mol. The van der Waals surface area contributed by atoms with E-state index in [4.69, 9.17) is 4.74 Å². The Hall–Kier alpha value is -2.48. The molecule has 0 radical (unpaired) electrons. The van der Waals surface area contributed by atoms with Crippen molar-refractivity contribution in [3.8, 4) is 5.75 Å². The normalized spacial score (nSPS) is 10.3. The number of benzene rings is 1. The second-order valence-corrected chi connectivity index (χ2v) is 5.64. The second-order valence-electron chi connectivity index (χ2n) is 4.44. The molecule has 22 heavy (non-hydrogen) atoms. The molecule has 0 spiro atoms. The number of para-hydroxylation sites is 2. The van der Waals surface area contributed by atoms with E-state index < -0.39 is 10.8 Å². The van der Waals surface area contributed by atoms with Crippen molar-refractivity contribution < 1.29 is 14.5 Å². The third-order valence-electron chi connectivity index (χ3n) is 2.89. The largest absolute Gasteiger partial charge is 0.477 e. The van der Waals surface area contributed by atoms with Crippen molar-refractivity contribution in [2.45, 2.75) is 20.3 Å². The number of aromatic nitrogens is 1. The molecule has 7 nitrogen and oxygen atoms in total. The Morgan fingerprint density at radius 3 is 2.82 bits per heavy atom. The van der Waals surface area contributed by atoms with Gasteiger partial charge in [0.15, 0.2) is 17.5 Å². The molecule has 2 aromatic rings. The molecule has 1 amide bonds. The zero-order chi connectivity index (χ0) is 16.1. The van der Waals surface area contributed by atoms with E-state index in [1.807, 2.05) is 13.8 Å². The van der Waals surface area contributed by atoms with Crippen LogP contribution in [0, 0.1) is 17.0 Å². The molecular formula is C14H15N3O4S. The van der Waals surface area contributed by atoms with E-state index in [1.54, 1.807) is 6.07 Å².